The molecule has 11 rings (SSSR count). The topological polar surface area (TPSA) is 65.0 Å². The average molecular weight is 692 g/mol. The first-order valence-corrected chi connectivity index (χ1v) is 18.0. The number of aromatic nitrogens is 3. The Morgan fingerprint density at radius 1 is 0.315 bits per heavy atom. The quantitative estimate of drug-likeness (QED) is 0.180. The lowest BCUT2D eigenvalue weighted by Crippen LogP contribution is -2.00. The fraction of sp³-hybridized carbons (Fsp3) is 0. The average Bonchev–Trinajstić information content (AvgIpc) is 3.84. The minimum Gasteiger partial charge on any atom is -0.455 e. The molecule has 54 heavy (non-hydrogen) atoms. The van der Waals surface area contributed by atoms with E-state index in [1.165, 1.54) is 0 Å². The van der Waals surface area contributed by atoms with Crippen molar-refractivity contribution in [3.63, 3.8) is 0 Å². The van der Waals surface area contributed by atoms with Crippen LogP contribution in [0.5, 0.6) is 0 Å². The van der Waals surface area contributed by atoms with Crippen LogP contribution in [-0.2, 0) is 0 Å². The molecule has 0 radical (unpaired) electrons. The van der Waals surface area contributed by atoms with Gasteiger partial charge >= 0.3 is 0 Å². The Labute approximate surface area is 309 Å². The zero-order valence-electron chi connectivity index (χ0n) is 28.9. The second-order valence-corrected chi connectivity index (χ2v) is 13.5. The molecule has 0 saturated heterocycles. The monoisotopic (exact) mass is 691 g/mol. The number of hydrogen-bond donors (Lipinski definition) is 0. The van der Waals surface area contributed by atoms with Gasteiger partial charge in [0.25, 0.3) is 0 Å². The molecule has 0 N–H and O–H groups in total. The Morgan fingerprint density at radius 3 is 1.65 bits per heavy atom. The van der Waals surface area contributed by atoms with Crippen LogP contribution < -0.4 is 0 Å². The van der Waals surface area contributed by atoms with E-state index in [2.05, 4.69) is 115 Å². The number of fused-ring (bicyclic) bond motifs is 8. The molecule has 0 amide bonds. The van der Waals surface area contributed by atoms with Gasteiger partial charge in [0.2, 0.25) is 0 Å². The Morgan fingerprint density at radius 2 is 0.852 bits per heavy atom. The molecule has 0 saturated carbocycles. The smallest absolute Gasteiger partial charge is 0.164 e. The van der Waals surface area contributed by atoms with Crippen molar-refractivity contribution >= 4 is 54.6 Å². The van der Waals surface area contributed by atoms with Crippen molar-refractivity contribution in [1.29, 1.82) is 0 Å². The maximum atomic E-state index is 6.83. The van der Waals surface area contributed by atoms with Gasteiger partial charge in [-0.2, -0.15) is 0 Å². The van der Waals surface area contributed by atoms with Crippen LogP contribution in [0.2, 0.25) is 0 Å². The number of hydrogen-bond acceptors (Lipinski definition) is 5. The molecule has 11 aromatic rings. The number of furan rings is 2. The van der Waals surface area contributed by atoms with Gasteiger partial charge in [-0.15, -0.1) is 0 Å². The molecule has 0 fully saturated rings. The van der Waals surface area contributed by atoms with Gasteiger partial charge < -0.3 is 8.83 Å². The van der Waals surface area contributed by atoms with Crippen molar-refractivity contribution < 1.29 is 8.83 Å². The molecule has 0 spiro atoms. The first kappa shape index (κ1) is 30.3. The summed E-state index contributed by atoms with van der Waals surface area (Å²) >= 11 is 0. The highest BCUT2D eigenvalue weighted by atomic mass is 16.3. The maximum Gasteiger partial charge on any atom is 0.164 e. The van der Waals surface area contributed by atoms with Gasteiger partial charge in [0.15, 0.2) is 17.5 Å². The second-order valence-electron chi connectivity index (χ2n) is 13.5. The Bertz CT molecular complexity index is 3200. The summed E-state index contributed by atoms with van der Waals surface area (Å²) in [6, 6.07) is 60.2. The SMILES string of the molecule is c1ccc(-c2ccc(-c3nc(-c4ccccc4)nc(-c4cccc5oc6c(-c7cc8ccccc8c8oc9ccccc9c78)cccc6c45)n3)cc2)cc1. The van der Waals surface area contributed by atoms with Gasteiger partial charge in [-0.25, -0.2) is 15.0 Å². The molecule has 0 unspecified atom stereocenters. The summed E-state index contributed by atoms with van der Waals surface area (Å²) in [4.78, 5) is 15.3. The molecule has 5 nitrogen and oxygen atoms in total. The molecule has 8 aromatic carbocycles. The van der Waals surface area contributed by atoms with E-state index in [9.17, 15) is 0 Å². The van der Waals surface area contributed by atoms with Gasteiger partial charge in [-0.3, -0.25) is 0 Å². The third-order valence-electron chi connectivity index (χ3n) is 10.3. The molecule has 0 aliphatic rings. The summed E-state index contributed by atoms with van der Waals surface area (Å²) in [6.07, 6.45) is 0. The highest BCUT2D eigenvalue weighted by Crippen LogP contribution is 2.45. The van der Waals surface area contributed by atoms with Gasteiger partial charge in [0.1, 0.15) is 22.3 Å². The fourth-order valence-electron chi connectivity index (χ4n) is 7.80. The molecule has 0 atom stereocenters. The highest BCUT2D eigenvalue weighted by molar-refractivity contribution is 6.24. The fourth-order valence-corrected chi connectivity index (χ4v) is 7.80. The van der Waals surface area contributed by atoms with E-state index in [-0.39, 0.29) is 0 Å². The minimum atomic E-state index is 0.582. The van der Waals surface area contributed by atoms with E-state index in [4.69, 9.17) is 23.8 Å². The Balaban J connectivity index is 1.13. The predicted octanol–water partition coefficient (Wildman–Crippen LogP) is 13.2. The molecule has 0 aliphatic carbocycles. The molecular formula is C49H29N3O2. The predicted molar refractivity (Wildman–Crippen MR) is 219 cm³/mol. The van der Waals surface area contributed by atoms with Crippen molar-refractivity contribution in [2.75, 3.05) is 0 Å². The van der Waals surface area contributed by atoms with Gasteiger partial charge in [-0.1, -0.05) is 158 Å². The van der Waals surface area contributed by atoms with Crippen LogP contribution in [0.4, 0.5) is 0 Å². The molecule has 3 heterocycles. The number of benzene rings is 8. The summed E-state index contributed by atoms with van der Waals surface area (Å²) in [7, 11) is 0. The van der Waals surface area contributed by atoms with Crippen LogP contribution in [0.25, 0.3) is 111 Å². The van der Waals surface area contributed by atoms with Gasteiger partial charge in [-0.05, 0) is 40.3 Å². The van der Waals surface area contributed by atoms with Crippen molar-refractivity contribution in [3.8, 4) is 56.4 Å². The normalized spacial score (nSPS) is 11.7. The summed E-state index contributed by atoms with van der Waals surface area (Å²) < 4.78 is 13.4. The van der Waals surface area contributed by atoms with E-state index in [1.54, 1.807) is 0 Å². The third kappa shape index (κ3) is 4.83. The number of nitrogens with zero attached hydrogens (tertiary/aromatic N) is 3. The lowest BCUT2D eigenvalue weighted by Gasteiger charge is -2.10. The molecule has 5 heteroatoms. The zero-order valence-corrected chi connectivity index (χ0v) is 28.9. The lowest BCUT2D eigenvalue weighted by atomic mass is 9.94. The van der Waals surface area contributed by atoms with E-state index in [0.29, 0.717) is 17.5 Å². The lowest BCUT2D eigenvalue weighted by molar-refractivity contribution is 0.670. The van der Waals surface area contributed by atoms with Gasteiger partial charge in [0.05, 0.1) is 0 Å². The minimum absolute atomic E-state index is 0.582. The van der Waals surface area contributed by atoms with Crippen LogP contribution in [0, 0.1) is 0 Å². The standard InChI is InChI=1S/C49H29N3O2/c1-3-13-30(14-4-1)31-25-27-33(28-26-31)48-50-47(32-15-5-2-6-16-32)51-49(52-48)39-22-12-24-42-43(39)38-21-11-20-36(45(38)54-42)40-29-34-17-7-8-18-35(34)46-44(40)37-19-9-10-23-41(37)53-46/h1-29H. The molecule has 0 aliphatic heterocycles. The molecule has 252 valence electrons. The summed E-state index contributed by atoms with van der Waals surface area (Å²) in [5.74, 6) is 1.80. The first-order chi connectivity index (χ1) is 26.8. The summed E-state index contributed by atoms with van der Waals surface area (Å²) in [5.41, 5.74) is 10.4. The second kappa shape index (κ2) is 12.1. The molecule has 0 bridgehead atoms. The molecule has 3 aromatic heterocycles. The number of rotatable bonds is 5. The van der Waals surface area contributed by atoms with Crippen molar-refractivity contribution in [3.05, 3.63) is 176 Å². The number of para-hydroxylation sites is 2. The maximum absolute atomic E-state index is 6.83. The van der Waals surface area contributed by atoms with Crippen LogP contribution in [0.3, 0.4) is 0 Å². The van der Waals surface area contributed by atoms with Crippen molar-refractivity contribution in [2.24, 2.45) is 0 Å². The van der Waals surface area contributed by atoms with Crippen LogP contribution in [0.15, 0.2) is 185 Å². The van der Waals surface area contributed by atoms with Crippen LogP contribution in [-0.4, -0.2) is 15.0 Å². The highest BCUT2D eigenvalue weighted by Gasteiger charge is 2.22. The summed E-state index contributed by atoms with van der Waals surface area (Å²) in [5, 5.41) is 6.29. The largest absolute Gasteiger partial charge is 0.455 e. The van der Waals surface area contributed by atoms with Crippen LogP contribution >= 0.6 is 0 Å². The van der Waals surface area contributed by atoms with Crippen LogP contribution in [0.1, 0.15) is 0 Å². The van der Waals surface area contributed by atoms with E-state index in [1.807, 2.05) is 60.7 Å². The van der Waals surface area contributed by atoms with Gasteiger partial charge in [0, 0.05) is 49.2 Å². The van der Waals surface area contributed by atoms with Crippen molar-refractivity contribution in [2.45, 2.75) is 0 Å². The van der Waals surface area contributed by atoms with Crippen molar-refractivity contribution in [1.82, 2.24) is 15.0 Å². The Hall–Kier alpha value is -7.37. The zero-order chi connectivity index (χ0) is 35.6. The third-order valence-corrected chi connectivity index (χ3v) is 10.3. The van der Waals surface area contributed by atoms with E-state index < -0.39 is 0 Å². The van der Waals surface area contributed by atoms with E-state index in [0.717, 1.165) is 93.6 Å². The Kier molecular flexibility index (Phi) is 6.79. The van der Waals surface area contributed by atoms with E-state index >= 15 is 0 Å². The first-order valence-electron chi connectivity index (χ1n) is 18.0. The molecular weight excluding hydrogens is 663 g/mol. The summed E-state index contributed by atoms with van der Waals surface area (Å²) in [6.45, 7) is 0.